The first-order valence-corrected chi connectivity index (χ1v) is 9.55. The Balaban J connectivity index is 1.50. The summed E-state index contributed by atoms with van der Waals surface area (Å²) in [5.74, 6) is -0.182. The average molecular weight is 394 g/mol. The third kappa shape index (κ3) is 3.53. The quantitative estimate of drug-likeness (QED) is 0.728. The summed E-state index contributed by atoms with van der Waals surface area (Å²) in [7, 11) is 0. The Kier molecular flexibility index (Phi) is 4.92. The highest BCUT2D eigenvalue weighted by Gasteiger charge is 2.30. The molecule has 29 heavy (non-hydrogen) atoms. The number of aromatic carboxylic acids is 1. The van der Waals surface area contributed by atoms with Crippen molar-refractivity contribution in [3.63, 3.8) is 0 Å². The fourth-order valence-electron chi connectivity index (χ4n) is 3.82. The van der Waals surface area contributed by atoms with Gasteiger partial charge in [-0.3, -0.25) is 9.48 Å². The lowest BCUT2D eigenvalue weighted by Gasteiger charge is -2.32. The fraction of sp³-hybridized carbons (Fsp3) is 0.333. The molecule has 0 aliphatic carbocycles. The van der Waals surface area contributed by atoms with E-state index in [4.69, 9.17) is 4.42 Å². The van der Waals surface area contributed by atoms with Gasteiger partial charge in [-0.1, -0.05) is 30.3 Å². The predicted octanol–water partition coefficient (Wildman–Crippen LogP) is 3.33. The number of carbonyl (C=O) groups excluding carboxylic acids is 1. The molecule has 1 N–H and O–H groups in total. The van der Waals surface area contributed by atoms with Gasteiger partial charge in [-0.15, -0.1) is 0 Å². The van der Waals surface area contributed by atoms with E-state index < -0.39 is 5.97 Å². The van der Waals surface area contributed by atoms with Gasteiger partial charge in [0.1, 0.15) is 5.56 Å². The fourth-order valence-corrected chi connectivity index (χ4v) is 3.82. The molecule has 0 radical (unpaired) electrons. The molecule has 1 aromatic carbocycles. The van der Waals surface area contributed by atoms with Gasteiger partial charge in [0.2, 0.25) is 0 Å². The summed E-state index contributed by atoms with van der Waals surface area (Å²) in [6.07, 6.45) is 2.79. The highest BCUT2D eigenvalue weighted by atomic mass is 16.4. The number of rotatable bonds is 4. The van der Waals surface area contributed by atoms with Gasteiger partial charge in [-0.2, -0.15) is 5.10 Å². The highest BCUT2D eigenvalue weighted by Crippen LogP contribution is 2.29. The Morgan fingerprint density at radius 2 is 1.83 bits per heavy atom. The first-order chi connectivity index (χ1) is 14.0. The van der Waals surface area contributed by atoms with Crippen molar-refractivity contribution >= 4 is 11.9 Å². The number of aromatic nitrogens is 3. The van der Waals surface area contributed by atoms with Crippen LogP contribution in [0.5, 0.6) is 0 Å². The third-order valence-corrected chi connectivity index (χ3v) is 5.35. The zero-order valence-electron chi connectivity index (χ0n) is 16.3. The number of carboxylic acid groups (broad SMARTS) is 1. The second kappa shape index (κ2) is 7.54. The van der Waals surface area contributed by atoms with Crippen molar-refractivity contribution in [2.75, 3.05) is 13.1 Å². The first-order valence-electron chi connectivity index (χ1n) is 9.55. The number of hydrogen-bond donors (Lipinski definition) is 1. The second-order valence-corrected chi connectivity index (χ2v) is 7.19. The molecule has 1 fully saturated rings. The maximum Gasteiger partial charge on any atom is 0.339 e. The largest absolute Gasteiger partial charge is 0.478 e. The number of nitrogens with zero attached hydrogens (tertiary/aromatic N) is 4. The number of likely N-dealkylation sites (tertiary alicyclic amines) is 1. The van der Waals surface area contributed by atoms with Crippen LogP contribution in [0.3, 0.4) is 0 Å². The molecule has 4 rings (SSSR count). The normalized spacial score (nSPS) is 14.9. The van der Waals surface area contributed by atoms with Crippen LogP contribution in [0.25, 0.3) is 11.3 Å². The van der Waals surface area contributed by atoms with Crippen LogP contribution < -0.4 is 0 Å². The summed E-state index contributed by atoms with van der Waals surface area (Å²) in [6.45, 7) is 4.59. The number of amides is 1. The monoisotopic (exact) mass is 394 g/mol. The Morgan fingerprint density at radius 3 is 2.45 bits per heavy atom. The Labute approximate surface area is 167 Å². The minimum absolute atomic E-state index is 0.0692. The van der Waals surface area contributed by atoms with E-state index in [1.54, 1.807) is 23.4 Å². The van der Waals surface area contributed by atoms with Crippen LogP contribution >= 0.6 is 0 Å². The van der Waals surface area contributed by atoms with Crippen molar-refractivity contribution in [3.8, 4) is 11.3 Å². The Bertz CT molecular complexity index is 1050. The molecule has 0 unspecified atom stereocenters. The zero-order chi connectivity index (χ0) is 20.5. The van der Waals surface area contributed by atoms with Crippen LogP contribution in [0.15, 0.2) is 40.9 Å². The lowest BCUT2D eigenvalue weighted by atomic mass is 10.0. The van der Waals surface area contributed by atoms with E-state index in [9.17, 15) is 14.7 Å². The van der Waals surface area contributed by atoms with Crippen LogP contribution in [0.4, 0.5) is 0 Å². The molecular weight excluding hydrogens is 372 g/mol. The molecule has 0 atom stereocenters. The van der Waals surface area contributed by atoms with E-state index in [-0.39, 0.29) is 17.5 Å². The molecule has 3 aromatic rings. The van der Waals surface area contributed by atoms with Gasteiger partial charge in [-0.25, -0.2) is 9.78 Å². The van der Waals surface area contributed by atoms with Gasteiger partial charge in [0.15, 0.2) is 17.3 Å². The molecular formula is C21H22N4O4. The molecule has 0 saturated carbocycles. The van der Waals surface area contributed by atoms with Gasteiger partial charge < -0.3 is 14.4 Å². The number of piperidine rings is 1. The molecule has 1 amide bonds. The number of carboxylic acids is 1. The molecule has 8 heteroatoms. The summed E-state index contributed by atoms with van der Waals surface area (Å²) in [5.41, 5.74) is 2.00. The summed E-state index contributed by atoms with van der Waals surface area (Å²) < 4.78 is 7.48. The highest BCUT2D eigenvalue weighted by molar-refractivity contribution is 5.97. The van der Waals surface area contributed by atoms with E-state index in [2.05, 4.69) is 10.1 Å². The number of hydrogen-bond acceptors (Lipinski definition) is 5. The molecule has 1 saturated heterocycles. The molecule has 150 valence electrons. The van der Waals surface area contributed by atoms with E-state index in [0.29, 0.717) is 49.0 Å². The second-order valence-electron chi connectivity index (χ2n) is 7.19. The molecule has 0 spiro atoms. The van der Waals surface area contributed by atoms with Gasteiger partial charge >= 0.3 is 5.97 Å². The molecule has 8 nitrogen and oxygen atoms in total. The van der Waals surface area contributed by atoms with E-state index >= 15 is 0 Å². The van der Waals surface area contributed by atoms with Gasteiger partial charge in [0.25, 0.3) is 5.91 Å². The van der Waals surface area contributed by atoms with Crippen molar-refractivity contribution in [1.82, 2.24) is 19.7 Å². The topological polar surface area (TPSA) is 101 Å². The van der Waals surface area contributed by atoms with E-state index in [1.807, 2.05) is 30.3 Å². The van der Waals surface area contributed by atoms with Crippen LogP contribution in [0.1, 0.15) is 51.3 Å². The average Bonchev–Trinajstić information content (AvgIpc) is 3.31. The molecule has 2 aromatic heterocycles. The standard InChI is InChI=1S/C21H22N4O4/c1-13-17(21(27)28)12-22-25(13)16-8-10-24(11-9-16)20(26)18-19(29-14(2)23-18)15-6-4-3-5-7-15/h3-7,12,16H,8-11H2,1-2H3,(H,27,28). The van der Waals surface area contributed by atoms with Gasteiger partial charge in [0, 0.05) is 25.6 Å². The van der Waals surface area contributed by atoms with Crippen LogP contribution in [0, 0.1) is 13.8 Å². The van der Waals surface area contributed by atoms with Crippen LogP contribution in [0.2, 0.25) is 0 Å². The molecule has 3 heterocycles. The summed E-state index contributed by atoms with van der Waals surface area (Å²) >= 11 is 0. The number of benzene rings is 1. The van der Waals surface area contributed by atoms with Crippen LogP contribution in [-0.2, 0) is 0 Å². The summed E-state index contributed by atoms with van der Waals surface area (Å²) in [6, 6.07) is 9.55. The predicted molar refractivity (Wildman–Crippen MR) is 105 cm³/mol. The zero-order valence-corrected chi connectivity index (χ0v) is 16.3. The first kappa shape index (κ1) is 18.9. The molecule has 1 aliphatic rings. The summed E-state index contributed by atoms with van der Waals surface area (Å²) in [4.78, 5) is 30.5. The lowest BCUT2D eigenvalue weighted by molar-refractivity contribution is 0.0683. The van der Waals surface area contributed by atoms with Crippen molar-refractivity contribution in [3.05, 3.63) is 59.4 Å². The number of carbonyl (C=O) groups is 2. The molecule has 1 aliphatic heterocycles. The Hall–Kier alpha value is -3.42. The SMILES string of the molecule is Cc1nc(C(=O)N2CCC(n3ncc(C(=O)O)c3C)CC2)c(-c2ccccc2)o1. The lowest BCUT2D eigenvalue weighted by Crippen LogP contribution is -2.39. The third-order valence-electron chi connectivity index (χ3n) is 5.35. The van der Waals surface area contributed by atoms with Crippen molar-refractivity contribution < 1.29 is 19.1 Å². The van der Waals surface area contributed by atoms with E-state index in [0.717, 1.165) is 5.56 Å². The Morgan fingerprint density at radius 1 is 1.14 bits per heavy atom. The van der Waals surface area contributed by atoms with Crippen molar-refractivity contribution in [2.24, 2.45) is 0 Å². The summed E-state index contributed by atoms with van der Waals surface area (Å²) in [5, 5.41) is 13.5. The minimum Gasteiger partial charge on any atom is -0.478 e. The number of aryl methyl sites for hydroxylation is 1. The van der Waals surface area contributed by atoms with Crippen molar-refractivity contribution in [1.29, 1.82) is 0 Å². The van der Waals surface area contributed by atoms with Gasteiger partial charge in [-0.05, 0) is 19.8 Å². The van der Waals surface area contributed by atoms with Gasteiger partial charge in [0.05, 0.1) is 17.9 Å². The maximum atomic E-state index is 13.1. The molecule has 0 bridgehead atoms. The van der Waals surface area contributed by atoms with E-state index in [1.165, 1.54) is 6.20 Å². The van der Waals surface area contributed by atoms with Crippen molar-refractivity contribution in [2.45, 2.75) is 32.7 Å². The number of oxazole rings is 1. The minimum atomic E-state index is -0.976. The smallest absolute Gasteiger partial charge is 0.339 e. The maximum absolute atomic E-state index is 13.1. The van der Waals surface area contributed by atoms with Crippen LogP contribution in [-0.4, -0.2) is 49.7 Å².